The Hall–Kier alpha value is -7.12. The summed E-state index contributed by atoms with van der Waals surface area (Å²) < 4.78 is 79.5. The Kier molecular flexibility index (Phi) is 12.5. The molecule has 4 fully saturated rings. The van der Waals surface area contributed by atoms with Gasteiger partial charge in [-0.05, 0) is 84.6 Å². The second-order valence-electron chi connectivity index (χ2n) is 17.8. The largest absolute Gasteiger partial charge is 0.497 e. The van der Waals surface area contributed by atoms with Crippen LogP contribution in [0.2, 0.25) is 0 Å². The van der Waals surface area contributed by atoms with Gasteiger partial charge in [-0.3, -0.25) is 9.97 Å². The van der Waals surface area contributed by atoms with Gasteiger partial charge in [-0.25, -0.2) is 27.5 Å². The number of ether oxygens (including phenoxy) is 4. The topological polar surface area (TPSA) is 151 Å². The van der Waals surface area contributed by atoms with E-state index in [9.17, 15) is 17.6 Å². The standard InChI is InChI=1S/2C26H25F2N5O2/c2*1-34-18-9-15(8-17(28)10-18)19-12-29-13-20(26-31-21-3-2-16(27)11-23(21)32-26)25(19)33-6-4-22-24(14-33)35-7-5-30-22/h2*2-3,8-13,22,24,30H,4-7,14H2,1H3,(H,31,32)/t2*22-,24-/m10/s1. The quantitative estimate of drug-likeness (QED) is 0.109. The number of benzene rings is 4. The first-order chi connectivity index (χ1) is 34.2. The molecule has 0 bridgehead atoms. The van der Waals surface area contributed by atoms with Crippen LogP contribution in [-0.4, -0.2) is 121 Å². The molecule has 4 aromatic heterocycles. The molecule has 12 rings (SSSR count). The summed E-state index contributed by atoms with van der Waals surface area (Å²) >= 11 is 0. The van der Waals surface area contributed by atoms with E-state index in [-0.39, 0.29) is 23.8 Å². The van der Waals surface area contributed by atoms with E-state index in [1.165, 1.54) is 62.8 Å². The number of methoxy groups -OCH3 is 2. The lowest BCUT2D eigenvalue weighted by atomic mass is 9.96. The van der Waals surface area contributed by atoms with E-state index in [0.29, 0.717) is 94.7 Å². The van der Waals surface area contributed by atoms with Crippen LogP contribution in [0.5, 0.6) is 11.5 Å². The van der Waals surface area contributed by atoms with E-state index < -0.39 is 11.6 Å². The van der Waals surface area contributed by atoms with Gasteiger partial charge in [0.25, 0.3) is 0 Å². The minimum Gasteiger partial charge on any atom is -0.497 e. The molecule has 4 aliphatic rings. The van der Waals surface area contributed by atoms with E-state index in [1.807, 2.05) is 0 Å². The molecule has 0 radical (unpaired) electrons. The van der Waals surface area contributed by atoms with Crippen LogP contribution in [0.15, 0.2) is 97.6 Å². The number of aromatic amines is 2. The molecular formula is C52H50F4N10O4. The molecule has 0 unspecified atom stereocenters. The van der Waals surface area contributed by atoms with Crippen LogP contribution in [-0.2, 0) is 9.47 Å². The Morgan fingerprint density at radius 3 is 1.43 bits per heavy atom. The first kappa shape index (κ1) is 45.3. The fourth-order valence-electron chi connectivity index (χ4n) is 10.2. The predicted molar refractivity (Wildman–Crippen MR) is 259 cm³/mol. The average molecular weight is 955 g/mol. The van der Waals surface area contributed by atoms with Gasteiger partial charge in [0.1, 0.15) is 46.4 Å². The average Bonchev–Trinajstić information content (AvgIpc) is 4.02. The first-order valence-electron chi connectivity index (χ1n) is 23.3. The normalized spacial score (nSPS) is 20.1. The Morgan fingerprint density at radius 2 is 0.986 bits per heavy atom. The maximum Gasteiger partial charge on any atom is 0.142 e. The van der Waals surface area contributed by atoms with Crippen LogP contribution in [0.4, 0.5) is 28.9 Å². The van der Waals surface area contributed by atoms with Crippen molar-refractivity contribution in [2.75, 3.05) is 76.5 Å². The highest BCUT2D eigenvalue weighted by molar-refractivity contribution is 5.93. The van der Waals surface area contributed by atoms with Crippen molar-refractivity contribution in [3.8, 4) is 56.5 Å². The molecular weight excluding hydrogens is 905 g/mol. The summed E-state index contributed by atoms with van der Waals surface area (Å²) in [5.41, 5.74) is 8.59. The Balaban J connectivity index is 0.000000152. The van der Waals surface area contributed by atoms with Gasteiger partial charge >= 0.3 is 0 Å². The molecule has 4 saturated heterocycles. The summed E-state index contributed by atoms with van der Waals surface area (Å²) in [7, 11) is 3.03. The summed E-state index contributed by atoms with van der Waals surface area (Å²) in [5.74, 6) is 0.530. The number of H-pyrrole nitrogens is 2. The van der Waals surface area contributed by atoms with Gasteiger partial charge in [0, 0.05) is 99.4 Å². The third-order valence-corrected chi connectivity index (χ3v) is 13.5. The monoisotopic (exact) mass is 954 g/mol. The SMILES string of the molecule is COc1cc(F)cc(-c2cncc(-c3nc4ccc(F)cc4[nH]3)c2N2CC[C@@H]3NCCO[C@H]3C2)c1.COc1cc(F)cc(-c2cncc(-c3nc4ccc(F)cc4[nH]3)c2N2CC[C@H]3NCCO[C@@H]3C2)c1. The number of fused-ring (bicyclic) bond motifs is 4. The van der Waals surface area contributed by atoms with Crippen LogP contribution < -0.4 is 29.9 Å². The van der Waals surface area contributed by atoms with Crippen LogP contribution in [0.25, 0.3) is 67.1 Å². The van der Waals surface area contributed by atoms with E-state index in [0.717, 1.165) is 72.6 Å². The maximum atomic E-state index is 14.5. The summed E-state index contributed by atoms with van der Waals surface area (Å²) in [6, 6.07) is 18.8. The second kappa shape index (κ2) is 19.3. The van der Waals surface area contributed by atoms with E-state index in [4.69, 9.17) is 28.9 Å². The molecule has 0 amide bonds. The second-order valence-corrected chi connectivity index (χ2v) is 17.8. The molecule has 4 aliphatic heterocycles. The molecule has 14 nitrogen and oxygen atoms in total. The van der Waals surface area contributed by atoms with Crippen LogP contribution in [0.1, 0.15) is 12.8 Å². The number of hydrogen-bond acceptors (Lipinski definition) is 12. The maximum absolute atomic E-state index is 14.5. The number of morpholine rings is 2. The summed E-state index contributed by atoms with van der Waals surface area (Å²) in [6.45, 7) is 5.94. The number of piperidine rings is 2. The highest BCUT2D eigenvalue weighted by atomic mass is 19.1. The van der Waals surface area contributed by atoms with E-state index in [1.54, 1.807) is 49.1 Å². The van der Waals surface area contributed by atoms with Crippen molar-refractivity contribution in [3.63, 3.8) is 0 Å². The summed E-state index contributed by atoms with van der Waals surface area (Å²) in [5, 5.41) is 7.09. The number of aromatic nitrogens is 6. The Bertz CT molecular complexity index is 2990. The van der Waals surface area contributed by atoms with E-state index in [2.05, 4.69) is 40.4 Å². The molecule has 4 atom stereocenters. The molecule has 70 heavy (non-hydrogen) atoms. The number of rotatable bonds is 8. The zero-order valence-electron chi connectivity index (χ0n) is 38.4. The number of hydrogen-bond donors (Lipinski definition) is 4. The molecule has 0 aliphatic carbocycles. The molecule has 0 saturated carbocycles. The lowest BCUT2D eigenvalue weighted by Crippen LogP contribution is -2.57. The van der Waals surface area contributed by atoms with Gasteiger partial charge in [0.2, 0.25) is 0 Å². The molecule has 4 N–H and O–H groups in total. The van der Waals surface area contributed by atoms with Crippen molar-refractivity contribution >= 4 is 33.4 Å². The fraction of sp³-hybridized carbons (Fsp3) is 0.308. The third-order valence-electron chi connectivity index (χ3n) is 13.5. The van der Waals surface area contributed by atoms with Crippen molar-refractivity contribution in [2.45, 2.75) is 37.1 Å². The van der Waals surface area contributed by atoms with Crippen LogP contribution >= 0.6 is 0 Å². The zero-order chi connectivity index (χ0) is 47.9. The van der Waals surface area contributed by atoms with Gasteiger partial charge in [-0.2, -0.15) is 0 Å². The van der Waals surface area contributed by atoms with Crippen molar-refractivity contribution in [3.05, 3.63) is 121 Å². The van der Waals surface area contributed by atoms with Crippen LogP contribution in [0.3, 0.4) is 0 Å². The number of pyridine rings is 2. The minimum absolute atomic E-state index is 0.0400. The van der Waals surface area contributed by atoms with Crippen molar-refractivity contribution < 1.29 is 36.5 Å². The summed E-state index contributed by atoms with van der Waals surface area (Å²) in [4.78, 5) is 29.4. The molecule has 18 heteroatoms. The molecule has 360 valence electrons. The number of halogens is 4. The van der Waals surface area contributed by atoms with Gasteiger partial charge < -0.3 is 49.3 Å². The minimum atomic E-state index is -0.395. The summed E-state index contributed by atoms with van der Waals surface area (Å²) in [6.07, 6.45) is 8.86. The first-order valence-corrected chi connectivity index (χ1v) is 23.3. The highest BCUT2D eigenvalue weighted by Gasteiger charge is 2.36. The third kappa shape index (κ3) is 9.10. The number of anilines is 2. The molecule has 0 spiro atoms. The van der Waals surface area contributed by atoms with Gasteiger partial charge in [0.15, 0.2) is 0 Å². The molecule has 4 aromatic carbocycles. The Morgan fingerprint density at radius 1 is 0.543 bits per heavy atom. The lowest BCUT2D eigenvalue weighted by Gasteiger charge is -2.43. The van der Waals surface area contributed by atoms with Gasteiger partial charge in [0.05, 0.1) is 84.2 Å². The number of nitrogens with zero attached hydrogens (tertiary/aromatic N) is 6. The highest BCUT2D eigenvalue weighted by Crippen LogP contribution is 2.43. The smallest absolute Gasteiger partial charge is 0.142 e. The number of imidazole rings is 2. The Labute approximate surface area is 400 Å². The van der Waals surface area contributed by atoms with E-state index >= 15 is 0 Å². The number of nitrogens with one attached hydrogen (secondary N) is 4. The van der Waals surface area contributed by atoms with Crippen molar-refractivity contribution in [1.82, 2.24) is 40.5 Å². The van der Waals surface area contributed by atoms with Gasteiger partial charge in [-0.15, -0.1) is 0 Å². The zero-order valence-corrected chi connectivity index (χ0v) is 38.4. The molecule has 8 aromatic rings. The van der Waals surface area contributed by atoms with Gasteiger partial charge in [-0.1, -0.05) is 0 Å². The molecule has 8 heterocycles. The van der Waals surface area contributed by atoms with Crippen LogP contribution in [0, 0.1) is 23.3 Å². The fourth-order valence-corrected chi connectivity index (χ4v) is 10.2. The van der Waals surface area contributed by atoms with Crippen molar-refractivity contribution in [2.24, 2.45) is 0 Å². The van der Waals surface area contributed by atoms with Crippen molar-refractivity contribution in [1.29, 1.82) is 0 Å². The lowest BCUT2D eigenvalue weighted by molar-refractivity contribution is -0.00905. The predicted octanol–water partition coefficient (Wildman–Crippen LogP) is 8.29.